The van der Waals surface area contributed by atoms with Crippen LogP contribution in [-0.2, 0) is 14.8 Å². The van der Waals surface area contributed by atoms with Crippen molar-refractivity contribution < 1.29 is 27.4 Å². The first kappa shape index (κ1) is 24.9. The summed E-state index contributed by atoms with van der Waals surface area (Å²) in [5, 5.41) is 2.83. The number of sulfonamides is 1. The number of hydrogen-bond donors (Lipinski definition) is 1. The van der Waals surface area contributed by atoms with Crippen molar-refractivity contribution in [3.05, 3.63) is 78.4 Å². The molecule has 0 saturated heterocycles. The Labute approximate surface area is 200 Å². The molecular formula is C25H28N2O6S. The standard InChI is InChI=1S/C25H28N2O6S/c1-18(23-16-22(31-2)14-15-24(23)32-3)26-25(28)17-27(34(4,29)30)19-10-12-21(13-11-19)33-20-8-6-5-7-9-20/h5-16,18H,17H2,1-4H3,(H,26,28)/t18-/m1/s1. The van der Waals surface area contributed by atoms with Gasteiger partial charge in [0, 0.05) is 5.56 Å². The van der Waals surface area contributed by atoms with Crippen molar-refractivity contribution >= 4 is 21.6 Å². The molecule has 0 saturated carbocycles. The molecule has 0 radical (unpaired) electrons. The van der Waals surface area contributed by atoms with Gasteiger partial charge in [0.1, 0.15) is 29.5 Å². The number of rotatable bonds is 10. The number of ether oxygens (including phenoxy) is 3. The van der Waals surface area contributed by atoms with E-state index in [-0.39, 0.29) is 6.54 Å². The van der Waals surface area contributed by atoms with E-state index < -0.39 is 22.0 Å². The third-order valence-corrected chi connectivity index (χ3v) is 6.21. The van der Waals surface area contributed by atoms with Gasteiger partial charge in [-0.25, -0.2) is 8.42 Å². The number of nitrogens with one attached hydrogen (secondary N) is 1. The van der Waals surface area contributed by atoms with Gasteiger partial charge in [-0.3, -0.25) is 9.10 Å². The highest BCUT2D eigenvalue weighted by molar-refractivity contribution is 7.92. The van der Waals surface area contributed by atoms with E-state index in [1.165, 1.54) is 7.11 Å². The molecule has 0 aromatic heterocycles. The predicted molar refractivity (Wildman–Crippen MR) is 131 cm³/mol. The van der Waals surface area contributed by atoms with E-state index in [4.69, 9.17) is 14.2 Å². The molecule has 1 amide bonds. The fourth-order valence-corrected chi connectivity index (χ4v) is 4.23. The highest BCUT2D eigenvalue weighted by Gasteiger charge is 2.23. The summed E-state index contributed by atoms with van der Waals surface area (Å²) in [6.45, 7) is 1.41. The van der Waals surface area contributed by atoms with Crippen LogP contribution in [0, 0.1) is 0 Å². The van der Waals surface area contributed by atoms with Crippen LogP contribution in [0.25, 0.3) is 0 Å². The summed E-state index contributed by atoms with van der Waals surface area (Å²) in [7, 11) is -0.633. The van der Waals surface area contributed by atoms with Crippen molar-refractivity contribution in [2.45, 2.75) is 13.0 Å². The molecule has 0 aliphatic carbocycles. The molecule has 0 aliphatic heterocycles. The van der Waals surface area contributed by atoms with E-state index in [1.807, 2.05) is 30.3 Å². The normalized spacial score (nSPS) is 11.9. The number of carbonyl (C=O) groups is 1. The average molecular weight is 485 g/mol. The topological polar surface area (TPSA) is 94.2 Å². The van der Waals surface area contributed by atoms with Gasteiger partial charge in [0.05, 0.1) is 32.2 Å². The van der Waals surface area contributed by atoms with Gasteiger partial charge in [-0.15, -0.1) is 0 Å². The fraction of sp³-hybridized carbons (Fsp3) is 0.240. The number of amides is 1. The first-order valence-electron chi connectivity index (χ1n) is 10.5. The summed E-state index contributed by atoms with van der Waals surface area (Å²) < 4.78 is 42.4. The molecule has 1 N–H and O–H groups in total. The zero-order chi connectivity index (χ0) is 24.7. The maximum absolute atomic E-state index is 12.8. The summed E-state index contributed by atoms with van der Waals surface area (Å²) in [6, 6.07) is 20.6. The van der Waals surface area contributed by atoms with Crippen LogP contribution in [0.5, 0.6) is 23.0 Å². The molecule has 1 atom stereocenters. The summed E-state index contributed by atoms with van der Waals surface area (Å²) >= 11 is 0. The zero-order valence-corrected chi connectivity index (χ0v) is 20.3. The minimum atomic E-state index is -3.72. The van der Waals surface area contributed by atoms with Gasteiger partial charge in [-0.05, 0) is 61.5 Å². The molecule has 0 fully saturated rings. The summed E-state index contributed by atoms with van der Waals surface area (Å²) in [5.74, 6) is 1.95. The molecule has 0 heterocycles. The number of carbonyl (C=O) groups excluding carboxylic acids is 1. The quantitative estimate of drug-likeness (QED) is 0.465. The summed E-state index contributed by atoms with van der Waals surface area (Å²) in [5.41, 5.74) is 1.06. The number of para-hydroxylation sites is 1. The summed E-state index contributed by atoms with van der Waals surface area (Å²) in [6.07, 6.45) is 1.06. The predicted octanol–water partition coefficient (Wildman–Crippen LogP) is 4.14. The number of anilines is 1. The van der Waals surface area contributed by atoms with Gasteiger partial charge in [-0.1, -0.05) is 18.2 Å². The second-order valence-corrected chi connectivity index (χ2v) is 9.48. The monoisotopic (exact) mass is 484 g/mol. The molecule has 3 aromatic rings. The Morgan fingerprint density at radius 2 is 1.53 bits per heavy atom. The first-order valence-corrected chi connectivity index (χ1v) is 12.4. The van der Waals surface area contributed by atoms with Crippen LogP contribution in [0.3, 0.4) is 0 Å². The van der Waals surface area contributed by atoms with Gasteiger partial charge in [-0.2, -0.15) is 0 Å². The van der Waals surface area contributed by atoms with Gasteiger partial charge in [0.2, 0.25) is 15.9 Å². The smallest absolute Gasteiger partial charge is 0.241 e. The van der Waals surface area contributed by atoms with E-state index in [9.17, 15) is 13.2 Å². The van der Waals surface area contributed by atoms with Crippen molar-refractivity contribution in [3.8, 4) is 23.0 Å². The SMILES string of the molecule is COc1ccc(OC)c([C@@H](C)NC(=O)CN(c2ccc(Oc3ccccc3)cc2)S(C)(=O)=O)c1. The number of nitrogens with zero attached hydrogens (tertiary/aromatic N) is 1. The molecule has 3 rings (SSSR count). The van der Waals surface area contributed by atoms with Crippen LogP contribution in [0.4, 0.5) is 5.69 Å². The van der Waals surface area contributed by atoms with Gasteiger partial charge in [0.25, 0.3) is 0 Å². The van der Waals surface area contributed by atoms with Crippen molar-refractivity contribution in [1.29, 1.82) is 0 Å². The Hall–Kier alpha value is -3.72. The fourth-order valence-electron chi connectivity index (χ4n) is 3.38. The molecule has 9 heteroatoms. The molecule has 0 bridgehead atoms. The van der Waals surface area contributed by atoms with Crippen LogP contribution < -0.4 is 23.8 Å². The average Bonchev–Trinajstić information content (AvgIpc) is 2.82. The maximum Gasteiger partial charge on any atom is 0.241 e. The third-order valence-electron chi connectivity index (χ3n) is 5.07. The molecular weight excluding hydrogens is 456 g/mol. The molecule has 34 heavy (non-hydrogen) atoms. The number of hydrogen-bond acceptors (Lipinski definition) is 6. The summed E-state index contributed by atoms with van der Waals surface area (Å²) in [4.78, 5) is 12.8. The molecule has 180 valence electrons. The van der Waals surface area contributed by atoms with Gasteiger partial charge in [0.15, 0.2) is 0 Å². The lowest BCUT2D eigenvalue weighted by Gasteiger charge is -2.24. The Balaban J connectivity index is 1.74. The van der Waals surface area contributed by atoms with Crippen molar-refractivity contribution in [3.63, 3.8) is 0 Å². The molecule has 0 spiro atoms. The first-order chi connectivity index (χ1) is 16.2. The second-order valence-electron chi connectivity index (χ2n) is 7.58. The Bertz CT molecular complexity index is 1210. The van der Waals surface area contributed by atoms with Crippen molar-refractivity contribution in [2.24, 2.45) is 0 Å². The lowest BCUT2D eigenvalue weighted by Crippen LogP contribution is -2.41. The largest absolute Gasteiger partial charge is 0.497 e. The van der Waals surface area contributed by atoms with Crippen LogP contribution >= 0.6 is 0 Å². The highest BCUT2D eigenvalue weighted by Crippen LogP contribution is 2.29. The van der Waals surface area contributed by atoms with Crippen molar-refractivity contribution in [2.75, 3.05) is 31.3 Å². The van der Waals surface area contributed by atoms with Crippen LogP contribution in [-0.4, -0.2) is 41.3 Å². The van der Waals surface area contributed by atoms with E-state index in [0.717, 1.165) is 10.6 Å². The number of benzene rings is 3. The zero-order valence-electron chi connectivity index (χ0n) is 19.5. The number of methoxy groups -OCH3 is 2. The van der Waals surface area contributed by atoms with Crippen LogP contribution in [0.1, 0.15) is 18.5 Å². The van der Waals surface area contributed by atoms with Crippen LogP contribution in [0.2, 0.25) is 0 Å². The Kier molecular flexibility index (Phi) is 8.01. The minimum Gasteiger partial charge on any atom is -0.497 e. The van der Waals surface area contributed by atoms with E-state index >= 15 is 0 Å². The maximum atomic E-state index is 12.8. The van der Waals surface area contributed by atoms with E-state index in [0.29, 0.717) is 34.2 Å². The molecule has 3 aromatic carbocycles. The third kappa shape index (κ3) is 6.41. The molecule has 8 nitrogen and oxygen atoms in total. The van der Waals surface area contributed by atoms with Crippen molar-refractivity contribution in [1.82, 2.24) is 5.32 Å². The van der Waals surface area contributed by atoms with Gasteiger partial charge >= 0.3 is 0 Å². The second kappa shape index (κ2) is 10.9. The lowest BCUT2D eigenvalue weighted by molar-refractivity contribution is -0.120. The van der Waals surface area contributed by atoms with Crippen LogP contribution in [0.15, 0.2) is 72.8 Å². The molecule has 0 unspecified atom stereocenters. The van der Waals surface area contributed by atoms with E-state index in [2.05, 4.69) is 5.32 Å². The highest BCUT2D eigenvalue weighted by atomic mass is 32.2. The van der Waals surface area contributed by atoms with E-state index in [1.54, 1.807) is 56.5 Å². The Morgan fingerprint density at radius 1 is 0.912 bits per heavy atom. The lowest BCUT2D eigenvalue weighted by atomic mass is 10.1. The molecule has 0 aliphatic rings. The van der Waals surface area contributed by atoms with Gasteiger partial charge < -0.3 is 19.5 Å². The Morgan fingerprint density at radius 3 is 2.12 bits per heavy atom. The minimum absolute atomic E-state index is 0.352.